The summed E-state index contributed by atoms with van der Waals surface area (Å²) in [6, 6.07) is 0. The molecule has 1 aliphatic carbocycles. The van der Waals surface area contributed by atoms with E-state index in [9.17, 15) is 4.79 Å². The summed E-state index contributed by atoms with van der Waals surface area (Å²) in [6.45, 7) is 6.18. The second-order valence-electron chi connectivity index (χ2n) is 3.83. The van der Waals surface area contributed by atoms with Gasteiger partial charge in [-0.2, -0.15) is 0 Å². The van der Waals surface area contributed by atoms with Crippen LogP contribution in [0.3, 0.4) is 0 Å². The minimum absolute atomic E-state index is 0.0781. The van der Waals surface area contributed by atoms with Crippen molar-refractivity contribution in [1.29, 1.82) is 0 Å². The molecule has 0 fully saturated rings. The minimum Gasteiger partial charge on any atom is -0.481 e. The molecule has 88 valence electrons. The van der Waals surface area contributed by atoms with Crippen LogP contribution < -0.4 is 0 Å². The average Bonchev–Trinajstić information content (AvgIpc) is 2.22. The first-order valence-corrected chi connectivity index (χ1v) is 5.47. The van der Waals surface area contributed by atoms with Crippen molar-refractivity contribution in [3.05, 3.63) is 37.0 Å². The van der Waals surface area contributed by atoms with Gasteiger partial charge in [0.25, 0.3) is 0 Å². The topological polar surface area (TPSA) is 46.5 Å². The van der Waals surface area contributed by atoms with E-state index in [0.29, 0.717) is 13.0 Å². The number of carboxylic acids is 1. The van der Waals surface area contributed by atoms with Crippen molar-refractivity contribution in [2.24, 2.45) is 5.92 Å². The van der Waals surface area contributed by atoms with E-state index in [0.717, 1.165) is 0 Å². The maximum Gasteiger partial charge on any atom is 0.304 e. The Balaban J connectivity index is 2.91. The SMILES string of the molecule is C=CCC1(OCC)C=CC=CC1CC(=O)O. The van der Waals surface area contributed by atoms with Crippen molar-refractivity contribution >= 4 is 5.97 Å². The van der Waals surface area contributed by atoms with Crippen LogP contribution in [0.2, 0.25) is 0 Å². The molecule has 0 saturated carbocycles. The van der Waals surface area contributed by atoms with Gasteiger partial charge in [-0.15, -0.1) is 6.58 Å². The predicted molar refractivity (Wildman–Crippen MR) is 63.2 cm³/mol. The molecule has 0 amide bonds. The van der Waals surface area contributed by atoms with Crippen LogP contribution in [-0.4, -0.2) is 23.3 Å². The van der Waals surface area contributed by atoms with Crippen LogP contribution in [-0.2, 0) is 9.53 Å². The quantitative estimate of drug-likeness (QED) is 0.702. The highest BCUT2D eigenvalue weighted by atomic mass is 16.5. The van der Waals surface area contributed by atoms with Crippen LogP contribution in [0.25, 0.3) is 0 Å². The van der Waals surface area contributed by atoms with Gasteiger partial charge in [-0.3, -0.25) is 4.79 Å². The normalized spacial score (nSPS) is 27.9. The number of hydrogen-bond donors (Lipinski definition) is 1. The van der Waals surface area contributed by atoms with Gasteiger partial charge in [-0.25, -0.2) is 0 Å². The molecular formula is C13H18O3. The van der Waals surface area contributed by atoms with Gasteiger partial charge in [0.15, 0.2) is 0 Å². The summed E-state index contributed by atoms with van der Waals surface area (Å²) in [5, 5.41) is 8.90. The predicted octanol–water partition coefficient (Wildman–Crippen LogP) is 2.55. The summed E-state index contributed by atoms with van der Waals surface area (Å²) in [6.07, 6.45) is 10.1. The van der Waals surface area contributed by atoms with Gasteiger partial charge >= 0.3 is 5.97 Å². The molecular weight excluding hydrogens is 204 g/mol. The lowest BCUT2D eigenvalue weighted by atomic mass is 9.79. The number of carboxylic acid groups (broad SMARTS) is 1. The summed E-state index contributed by atoms with van der Waals surface area (Å²) in [7, 11) is 0. The lowest BCUT2D eigenvalue weighted by molar-refractivity contribution is -0.140. The molecule has 1 N–H and O–H groups in total. The van der Waals surface area contributed by atoms with E-state index in [1.807, 2.05) is 31.2 Å². The fraction of sp³-hybridized carbons (Fsp3) is 0.462. The molecule has 0 aromatic carbocycles. The molecule has 2 unspecified atom stereocenters. The second-order valence-corrected chi connectivity index (χ2v) is 3.83. The van der Waals surface area contributed by atoms with Gasteiger partial charge in [0.2, 0.25) is 0 Å². The third-order valence-electron chi connectivity index (χ3n) is 2.73. The van der Waals surface area contributed by atoms with E-state index in [1.54, 1.807) is 6.08 Å². The molecule has 0 aliphatic heterocycles. The van der Waals surface area contributed by atoms with E-state index >= 15 is 0 Å². The summed E-state index contributed by atoms with van der Waals surface area (Å²) < 4.78 is 5.75. The number of hydrogen-bond acceptors (Lipinski definition) is 2. The van der Waals surface area contributed by atoms with Crippen molar-refractivity contribution in [2.75, 3.05) is 6.61 Å². The van der Waals surface area contributed by atoms with E-state index in [2.05, 4.69) is 6.58 Å². The van der Waals surface area contributed by atoms with Crippen LogP contribution in [0.15, 0.2) is 37.0 Å². The number of rotatable bonds is 6. The Morgan fingerprint density at radius 1 is 1.62 bits per heavy atom. The third-order valence-corrected chi connectivity index (χ3v) is 2.73. The first-order valence-electron chi connectivity index (χ1n) is 5.47. The van der Waals surface area contributed by atoms with Crippen molar-refractivity contribution in [2.45, 2.75) is 25.4 Å². The number of ether oxygens (including phenoxy) is 1. The zero-order chi connectivity index (χ0) is 12.0. The maximum absolute atomic E-state index is 10.8. The van der Waals surface area contributed by atoms with E-state index < -0.39 is 11.6 Å². The molecule has 0 aromatic heterocycles. The Bertz CT molecular complexity index is 317. The van der Waals surface area contributed by atoms with Crippen LogP contribution in [0, 0.1) is 5.92 Å². The van der Waals surface area contributed by atoms with Crippen molar-refractivity contribution in [3.8, 4) is 0 Å². The fourth-order valence-electron chi connectivity index (χ4n) is 2.06. The van der Waals surface area contributed by atoms with Crippen LogP contribution in [0.4, 0.5) is 0 Å². The first kappa shape index (κ1) is 12.7. The average molecular weight is 222 g/mol. The standard InChI is InChI=1S/C13H18O3/c1-3-8-13(16-4-2)9-6-5-7-11(13)10-12(14)15/h3,5-7,9,11H,1,4,8,10H2,2H3,(H,14,15). The molecule has 2 atom stereocenters. The Hall–Kier alpha value is -1.35. The van der Waals surface area contributed by atoms with Gasteiger partial charge in [-0.1, -0.05) is 30.4 Å². The second kappa shape index (κ2) is 5.66. The van der Waals surface area contributed by atoms with Crippen molar-refractivity contribution in [3.63, 3.8) is 0 Å². The minimum atomic E-state index is -0.807. The van der Waals surface area contributed by atoms with Gasteiger partial charge < -0.3 is 9.84 Å². The Morgan fingerprint density at radius 3 is 2.94 bits per heavy atom. The number of carbonyl (C=O) groups is 1. The van der Waals surface area contributed by atoms with Crippen molar-refractivity contribution in [1.82, 2.24) is 0 Å². The summed E-state index contributed by atoms with van der Waals surface area (Å²) in [5.74, 6) is -0.939. The van der Waals surface area contributed by atoms with Crippen molar-refractivity contribution < 1.29 is 14.6 Å². The molecule has 0 heterocycles. The van der Waals surface area contributed by atoms with Gasteiger partial charge in [0, 0.05) is 12.5 Å². The molecule has 0 spiro atoms. The smallest absolute Gasteiger partial charge is 0.304 e. The highest BCUT2D eigenvalue weighted by Gasteiger charge is 2.37. The van der Waals surface area contributed by atoms with E-state index in [-0.39, 0.29) is 12.3 Å². The highest BCUT2D eigenvalue weighted by molar-refractivity contribution is 5.67. The monoisotopic (exact) mass is 222 g/mol. The van der Waals surface area contributed by atoms with Crippen LogP contribution in [0.5, 0.6) is 0 Å². The molecule has 1 aliphatic rings. The molecule has 0 saturated heterocycles. The molecule has 16 heavy (non-hydrogen) atoms. The lowest BCUT2D eigenvalue weighted by Crippen LogP contribution is -2.40. The summed E-state index contributed by atoms with van der Waals surface area (Å²) in [5.41, 5.74) is -0.538. The zero-order valence-corrected chi connectivity index (χ0v) is 9.56. The Kier molecular flexibility index (Phi) is 4.50. The lowest BCUT2D eigenvalue weighted by Gasteiger charge is -2.37. The molecule has 3 nitrogen and oxygen atoms in total. The molecule has 0 bridgehead atoms. The molecule has 0 aromatic rings. The van der Waals surface area contributed by atoms with Gasteiger partial charge in [0.1, 0.15) is 0 Å². The van der Waals surface area contributed by atoms with Gasteiger partial charge in [0.05, 0.1) is 12.0 Å². The Morgan fingerprint density at radius 2 is 2.38 bits per heavy atom. The highest BCUT2D eigenvalue weighted by Crippen LogP contribution is 2.34. The summed E-state index contributed by atoms with van der Waals surface area (Å²) >= 11 is 0. The fourth-order valence-corrected chi connectivity index (χ4v) is 2.06. The molecule has 3 heteroatoms. The van der Waals surface area contributed by atoms with Crippen LogP contribution >= 0.6 is 0 Å². The maximum atomic E-state index is 10.8. The van der Waals surface area contributed by atoms with Gasteiger partial charge in [-0.05, 0) is 13.3 Å². The largest absolute Gasteiger partial charge is 0.481 e. The van der Waals surface area contributed by atoms with E-state index in [4.69, 9.17) is 9.84 Å². The summed E-state index contributed by atoms with van der Waals surface area (Å²) in [4.78, 5) is 10.8. The number of allylic oxidation sites excluding steroid dienone is 2. The number of aliphatic carboxylic acids is 1. The molecule has 0 radical (unpaired) electrons. The van der Waals surface area contributed by atoms with Crippen LogP contribution in [0.1, 0.15) is 19.8 Å². The zero-order valence-electron chi connectivity index (χ0n) is 9.56. The molecule has 1 rings (SSSR count). The first-order chi connectivity index (χ1) is 7.64. The Labute approximate surface area is 96.1 Å². The third kappa shape index (κ3) is 2.83. The van der Waals surface area contributed by atoms with E-state index in [1.165, 1.54) is 0 Å².